The van der Waals surface area contributed by atoms with Crippen LogP contribution < -0.4 is 16.0 Å². The predicted octanol–water partition coefficient (Wildman–Crippen LogP) is 5.04. The fourth-order valence-electron chi connectivity index (χ4n) is 4.71. The first-order valence-corrected chi connectivity index (χ1v) is 13.5. The second-order valence-corrected chi connectivity index (χ2v) is 9.93. The molecule has 5 aromatic rings. The highest BCUT2D eigenvalue weighted by Crippen LogP contribution is 2.26. The molecule has 3 N–H and O–H groups in total. The van der Waals surface area contributed by atoms with Gasteiger partial charge in [-0.25, -0.2) is 15.0 Å². The van der Waals surface area contributed by atoms with Crippen LogP contribution in [0.1, 0.15) is 26.3 Å². The zero-order valence-electron chi connectivity index (χ0n) is 22.6. The molecule has 9 heteroatoms. The first-order valence-electron chi connectivity index (χ1n) is 13.5. The molecule has 0 spiro atoms. The van der Waals surface area contributed by atoms with Crippen LogP contribution in [0.15, 0.2) is 91.3 Å². The average molecular weight is 544 g/mol. The summed E-state index contributed by atoms with van der Waals surface area (Å²) in [7, 11) is 0. The van der Waals surface area contributed by atoms with Crippen LogP contribution >= 0.6 is 0 Å². The molecular formula is C32H29N7O2. The molecule has 204 valence electrons. The molecule has 0 unspecified atom stereocenters. The van der Waals surface area contributed by atoms with Crippen LogP contribution in [0.4, 0.5) is 17.2 Å². The van der Waals surface area contributed by atoms with Gasteiger partial charge < -0.3 is 20.9 Å². The van der Waals surface area contributed by atoms with Crippen LogP contribution in [0.2, 0.25) is 0 Å². The zero-order chi connectivity index (χ0) is 28.2. The zero-order valence-corrected chi connectivity index (χ0v) is 22.6. The summed E-state index contributed by atoms with van der Waals surface area (Å²) in [5, 5.41) is 9.49. The Kier molecular flexibility index (Phi) is 7.34. The van der Waals surface area contributed by atoms with Gasteiger partial charge in [-0.2, -0.15) is 0 Å². The van der Waals surface area contributed by atoms with Gasteiger partial charge in [-0.1, -0.05) is 29.8 Å². The van der Waals surface area contributed by atoms with E-state index in [-0.39, 0.29) is 11.8 Å². The minimum Gasteiger partial charge on any atom is -0.338 e. The third-order valence-electron chi connectivity index (χ3n) is 7.03. The number of carbonyl (C=O) groups is 2. The molecule has 41 heavy (non-hydrogen) atoms. The highest BCUT2D eigenvalue weighted by Gasteiger charge is 2.18. The molecule has 0 bridgehead atoms. The number of fused-ring (bicyclic) bond motifs is 1. The number of hydrogen-bond donors (Lipinski definition) is 3. The van der Waals surface area contributed by atoms with E-state index in [9.17, 15) is 9.59 Å². The van der Waals surface area contributed by atoms with Crippen molar-refractivity contribution in [1.82, 2.24) is 25.2 Å². The number of piperazine rings is 1. The lowest BCUT2D eigenvalue weighted by molar-refractivity contribution is 0.0735. The van der Waals surface area contributed by atoms with Crippen molar-refractivity contribution in [3.05, 3.63) is 108 Å². The summed E-state index contributed by atoms with van der Waals surface area (Å²) in [6, 6.07) is 26.2. The van der Waals surface area contributed by atoms with E-state index in [1.807, 2.05) is 84.6 Å². The average Bonchev–Trinajstić information content (AvgIpc) is 3.02. The smallest absolute Gasteiger partial charge is 0.255 e. The number of amides is 2. The summed E-state index contributed by atoms with van der Waals surface area (Å²) in [6.07, 6.45) is 1.49. The Bertz CT molecular complexity index is 1700. The van der Waals surface area contributed by atoms with Crippen molar-refractivity contribution in [2.75, 3.05) is 36.8 Å². The number of benzene rings is 3. The van der Waals surface area contributed by atoms with E-state index >= 15 is 0 Å². The van der Waals surface area contributed by atoms with Gasteiger partial charge >= 0.3 is 0 Å². The van der Waals surface area contributed by atoms with Crippen LogP contribution in [0.3, 0.4) is 0 Å². The molecule has 0 atom stereocenters. The number of nitrogens with one attached hydrogen (secondary N) is 3. The minimum absolute atomic E-state index is 0.0445. The quantitative estimate of drug-likeness (QED) is 0.275. The molecule has 6 rings (SSSR count). The van der Waals surface area contributed by atoms with Crippen LogP contribution in [0.5, 0.6) is 0 Å². The molecule has 1 aliphatic rings. The molecule has 2 amide bonds. The van der Waals surface area contributed by atoms with Crippen molar-refractivity contribution >= 4 is 40.0 Å². The summed E-state index contributed by atoms with van der Waals surface area (Å²) in [4.78, 5) is 41.0. The first kappa shape index (κ1) is 26.1. The van der Waals surface area contributed by atoms with Crippen LogP contribution in [0, 0.1) is 6.92 Å². The van der Waals surface area contributed by atoms with Crippen molar-refractivity contribution in [2.24, 2.45) is 0 Å². The predicted molar refractivity (Wildman–Crippen MR) is 160 cm³/mol. The maximum absolute atomic E-state index is 12.8. The molecule has 1 aliphatic heterocycles. The van der Waals surface area contributed by atoms with Gasteiger partial charge in [-0.3, -0.25) is 9.59 Å². The molecule has 2 aromatic heterocycles. The summed E-state index contributed by atoms with van der Waals surface area (Å²) in [6.45, 7) is 5.07. The Morgan fingerprint density at radius 2 is 1.46 bits per heavy atom. The molecule has 1 saturated heterocycles. The van der Waals surface area contributed by atoms with Crippen molar-refractivity contribution in [3.8, 4) is 11.3 Å². The first-order chi connectivity index (χ1) is 20.0. The maximum atomic E-state index is 12.8. The Balaban J connectivity index is 1.18. The van der Waals surface area contributed by atoms with E-state index in [0.29, 0.717) is 41.1 Å². The number of nitrogens with zero attached hydrogens (tertiary/aromatic N) is 4. The largest absolute Gasteiger partial charge is 0.338 e. The maximum Gasteiger partial charge on any atom is 0.255 e. The van der Waals surface area contributed by atoms with E-state index in [0.717, 1.165) is 41.3 Å². The number of carbonyl (C=O) groups excluding carboxylic acids is 2. The van der Waals surface area contributed by atoms with Gasteiger partial charge in [0, 0.05) is 54.2 Å². The van der Waals surface area contributed by atoms with E-state index in [4.69, 9.17) is 4.98 Å². The topological polar surface area (TPSA) is 112 Å². The second-order valence-electron chi connectivity index (χ2n) is 9.93. The van der Waals surface area contributed by atoms with Gasteiger partial charge in [0.1, 0.15) is 11.8 Å². The molecule has 9 nitrogen and oxygen atoms in total. The van der Waals surface area contributed by atoms with Gasteiger partial charge in [0.2, 0.25) is 0 Å². The van der Waals surface area contributed by atoms with Crippen molar-refractivity contribution in [3.63, 3.8) is 0 Å². The summed E-state index contributed by atoms with van der Waals surface area (Å²) < 4.78 is 0. The lowest BCUT2D eigenvalue weighted by Gasteiger charge is -2.27. The second kappa shape index (κ2) is 11.5. The minimum atomic E-state index is -0.181. The lowest BCUT2D eigenvalue weighted by atomic mass is 10.1. The van der Waals surface area contributed by atoms with Gasteiger partial charge in [-0.05, 0) is 67.6 Å². The standard InChI is InChI=1S/C32H29N7O2/c1-21-2-10-26(11-3-21)37-31(40)23-8-12-25(13-9-23)36-30-29-28(34-20-35-30)15-14-27(38-29)22-4-6-24(7-5-22)32(41)39-18-16-33-17-19-39/h2-15,20,33H,16-19H2,1H3,(H,37,40)(H,34,35,36). The fourth-order valence-corrected chi connectivity index (χ4v) is 4.71. The fraction of sp³-hybridized carbons (Fsp3) is 0.156. The van der Waals surface area contributed by atoms with Crippen molar-refractivity contribution in [2.45, 2.75) is 6.92 Å². The summed E-state index contributed by atoms with van der Waals surface area (Å²) in [5.74, 6) is 0.419. The molecule has 0 aliphatic carbocycles. The number of hydrogen-bond acceptors (Lipinski definition) is 7. The molecule has 3 heterocycles. The van der Waals surface area contributed by atoms with Gasteiger partial charge in [-0.15, -0.1) is 0 Å². The Morgan fingerprint density at radius 1 is 0.780 bits per heavy atom. The van der Waals surface area contributed by atoms with Crippen LogP contribution in [0.25, 0.3) is 22.3 Å². The lowest BCUT2D eigenvalue weighted by Crippen LogP contribution is -2.46. The number of aryl methyl sites for hydroxylation is 1. The van der Waals surface area contributed by atoms with E-state index in [1.165, 1.54) is 6.33 Å². The van der Waals surface area contributed by atoms with E-state index in [1.54, 1.807) is 12.1 Å². The van der Waals surface area contributed by atoms with E-state index < -0.39 is 0 Å². The Labute approximate surface area is 237 Å². The molecule has 0 radical (unpaired) electrons. The number of aromatic nitrogens is 3. The third kappa shape index (κ3) is 5.90. The SMILES string of the molecule is Cc1ccc(NC(=O)c2ccc(Nc3ncnc4ccc(-c5ccc(C(=O)N6CCNCC6)cc5)nc34)cc2)cc1. The summed E-state index contributed by atoms with van der Waals surface area (Å²) >= 11 is 0. The third-order valence-corrected chi connectivity index (χ3v) is 7.03. The summed E-state index contributed by atoms with van der Waals surface area (Å²) in [5.41, 5.74) is 6.81. The number of rotatable bonds is 6. The van der Waals surface area contributed by atoms with Crippen LogP contribution in [-0.4, -0.2) is 57.8 Å². The monoisotopic (exact) mass is 543 g/mol. The Morgan fingerprint density at radius 3 is 2.20 bits per heavy atom. The number of anilines is 3. The van der Waals surface area contributed by atoms with Gasteiger partial charge in [0.25, 0.3) is 11.8 Å². The van der Waals surface area contributed by atoms with Gasteiger partial charge in [0.05, 0.1) is 11.2 Å². The number of pyridine rings is 1. The highest BCUT2D eigenvalue weighted by atomic mass is 16.2. The Hall–Kier alpha value is -5.15. The molecule has 3 aromatic carbocycles. The van der Waals surface area contributed by atoms with Crippen LogP contribution in [-0.2, 0) is 0 Å². The highest BCUT2D eigenvalue weighted by molar-refractivity contribution is 6.04. The molecular weight excluding hydrogens is 514 g/mol. The normalized spacial score (nSPS) is 13.1. The van der Waals surface area contributed by atoms with Crippen molar-refractivity contribution in [1.29, 1.82) is 0 Å². The molecule has 1 fully saturated rings. The van der Waals surface area contributed by atoms with Gasteiger partial charge in [0.15, 0.2) is 5.82 Å². The van der Waals surface area contributed by atoms with E-state index in [2.05, 4.69) is 25.9 Å². The van der Waals surface area contributed by atoms with Crippen molar-refractivity contribution < 1.29 is 9.59 Å². The molecule has 0 saturated carbocycles.